The van der Waals surface area contributed by atoms with Gasteiger partial charge in [0.05, 0.1) is 6.17 Å². The summed E-state index contributed by atoms with van der Waals surface area (Å²) in [6.07, 6.45) is 2.32. The van der Waals surface area contributed by atoms with E-state index in [0.29, 0.717) is 18.9 Å². The van der Waals surface area contributed by atoms with Gasteiger partial charge < -0.3 is 5.73 Å². The van der Waals surface area contributed by atoms with Crippen LogP contribution in [0.25, 0.3) is 0 Å². The molecule has 1 aromatic carbocycles. The Labute approximate surface area is 111 Å². The van der Waals surface area contributed by atoms with Gasteiger partial charge in [0.1, 0.15) is 16.5 Å². The number of nitrogens with zero attached hydrogens (tertiary/aromatic N) is 1. The van der Waals surface area contributed by atoms with E-state index in [1.807, 2.05) is 0 Å². The van der Waals surface area contributed by atoms with Crippen LogP contribution in [-0.4, -0.2) is 25.4 Å². The van der Waals surface area contributed by atoms with Crippen LogP contribution in [0.5, 0.6) is 0 Å². The SMILES string of the molecule is NC1CCCCCN1S(=O)(=O)c1ccc(F)cc1F. The van der Waals surface area contributed by atoms with Crippen molar-refractivity contribution in [1.82, 2.24) is 4.31 Å². The van der Waals surface area contributed by atoms with Gasteiger partial charge in [0, 0.05) is 12.6 Å². The molecule has 0 radical (unpaired) electrons. The summed E-state index contributed by atoms with van der Waals surface area (Å²) in [5.74, 6) is -1.90. The fraction of sp³-hybridized carbons (Fsp3) is 0.500. The summed E-state index contributed by atoms with van der Waals surface area (Å²) in [5, 5.41) is 0. The number of halogens is 2. The molecule has 1 heterocycles. The van der Waals surface area contributed by atoms with Crippen LogP contribution in [0.4, 0.5) is 8.78 Å². The molecule has 1 atom stereocenters. The molecule has 0 amide bonds. The van der Waals surface area contributed by atoms with Crippen LogP contribution in [0.15, 0.2) is 23.1 Å². The highest BCUT2D eigenvalue weighted by molar-refractivity contribution is 7.89. The molecule has 0 aromatic heterocycles. The van der Waals surface area contributed by atoms with E-state index < -0.39 is 32.7 Å². The third-order valence-corrected chi connectivity index (χ3v) is 5.19. The molecule has 4 nitrogen and oxygen atoms in total. The third-order valence-electron chi connectivity index (χ3n) is 3.23. The highest BCUT2D eigenvalue weighted by Gasteiger charge is 2.32. The van der Waals surface area contributed by atoms with Crippen LogP contribution in [0.2, 0.25) is 0 Å². The van der Waals surface area contributed by atoms with E-state index in [1.165, 1.54) is 0 Å². The topological polar surface area (TPSA) is 63.4 Å². The second kappa shape index (κ2) is 5.52. The van der Waals surface area contributed by atoms with E-state index in [4.69, 9.17) is 5.73 Å². The lowest BCUT2D eigenvalue weighted by molar-refractivity contribution is 0.328. The molecule has 2 rings (SSSR count). The highest BCUT2D eigenvalue weighted by atomic mass is 32.2. The number of hydrogen-bond donors (Lipinski definition) is 1. The maximum Gasteiger partial charge on any atom is 0.247 e. The van der Waals surface area contributed by atoms with Gasteiger partial charge in [0.15, 0.2) is 0 Å². The average Bonchev–Trinajstić information content (AvgIpc) is 2.53. The van der Waals surface area contributed by atoms with E-state index in [2.05, 4.69) is 0 Å². The molecule has 0 spiro atoms. The van der Waals surface area contributed by atoms with Gasteiger partial charge >= 0.3 is 0 Å². The molecule has 19 heavy (non-hydrogen) atoms. The van der Waals surface area contributed by atoms with Gasteiger partial charge in [0.25, 0.3) is 0 Å². The second-order valence-electron chi connectivity index (χ2n) is 4.61. The van der Waals surface area contributed by atoms with E-state index >= 15 is 0 Å². The molecular formula is C12H16F2N2O2S. The Hall–Kier alpha value is -1.05. The Morgan fingerprint density at radius 1 is 1.21 bits per heavy atom. The van der Waals surface area contributed by atoms with Crippen molar-refractivity contribution < 1.29 is 17.2 Å². The van der Waals surface area contributed by atoms with Crippen LogP contribution in [0, 0.1) is 11.6 Å². The highest BCUT2D eigenvalue weighted by Crippen LogP contribution is 2.24. The third kappa shape index (κ3) is 2.93. The molecule has 1 aliphatic rings. The molecule has 0 bridgehead atoms. The molecular weight excluding hydrogens is 274 g/mol. The van der Waals surface area contributed by atoms with Gasteiger partial charge in [-0.3, -0.25) is 0 Å². The molecule has 106 valence electrons. The molecule has 0 aliphatic carbocycles. The molecule has 1 aromatic rings. The fourth-order valence-electron chi connectivity index (χ4n) is 2.22. The maximum absolute atomic E-state index is 13.6. The molecule has 1 aliphatic heterocycles. The van der Waals surface area contributed by atoms with Crippen LogP contribution >= 0.6 is 0 Å². The van der Waals surface area contributed by atoms with Gasteiger partial charge in [-0.2, -0.15) is 4.31 Å². The Bertz CT molecular complexity index is 563. The lowest BCUT2D eigenvalue weighted by Gasteiger charge is -2.26. The van der Waals surface area contributed by atoms with Crippen LogP contribution in [0.1, 0.15) is 25.7 Å². The largest absolute Gasteiger partial charge is 0.315 e. The lowest BCUT2D eigenvalue weighted by atomic mass is 10.2. The first kappa shape index (κ1) is 14.4. The zero-order chi connectivity index (χ0) is 14.0. The first-order valence-corrected chi connectivity index (χ1v) is 7.59. The van der Waals surface area contributed by atoms with Gasteiger partial charge in [-0.1, -0.05) is 12.8 Å². The van der Waals surface area contributed by atoms with E-state index in [0.717, 1.165) is 29.3 Å². The molecule has 1 saturated heterocycles. The monoisotopic (exact) mass is 290 g/mol. The number of hydrogen-bond acceptors (Lipinski definition) is 3. The number of nitrogens with two attached hydrogens (primary N) is 1. The number of rotatable bonds is 2. The Kier molecular flexibility index (Phi) is 4.17. The van der Waals surface area contributed by atoms with Gasteiger partial charge in [-0.15, -0.1) is 0 Å². The van der Waals surface area contributed by atoms with E-state index in [-0.39, 0.29) is 6.54 Å². The van der Waals surface area contributed by atoms with Gasteiger partial charge in [0.2, 0.25) is 10.0 Å². The normalized spacial score (nSPS) is 22.2. The average molecular weight is 290 g/mol. The Morgan fingerprint density at radius 3 is 2.63 bits per heavy atom. The summed E-state index contributed by atoms with van der Waals surface area (Å²) in [6, 6.07) is 2.44. The number of sulfonamides is 1. The summed E-state index contributed by atoms with van der Waals surface area (Å²) in [7, 11) is -4.02. The molecule has 7 heteroatoms. The van der Waals surface area contributed by atoms with Crippen molar-refractivity contribution in [2.45, 2.75) is 36.7 Å². The predicted molar refractivity (Wildman–Crippen MR) is 66.7 cm³/mol. The van der Waals surface area contributed by atoms with Crippen molar-refractivity contribution in [2.75, 3.05) is 6.54 Å². The van der Waals surface area contributed by atoms with Crippen molar-refractivity contribution >= 4 is 10.0 Å². The predicted octanol–water partition coefficient (Wildman–Crippen LogP) is 1.81. The van der Waals surface area contributed by atoms with Gasteiger partial charge in [-0.25, -0.2) is 17.2 Å². The van der Waals surface area contributed by atoms with Crippen molar-refractivity contribution in [2.24, 2.45) is 5.73 Å². The summed E-state index contributed by atoms with van der Waals surface area (Å²) in [6.45, 7) is 0.264. The van der Waals surface area contributed by atoms with E-state index in [9.17, 15) is 17.2 Å². The Balaban J connectivity index is 2.40. The summed E-state index contributed by atoms with van der Waals surface area (Å²) < 4.78 is 52.3. The minimum atomic E-state index is -4.02. The van der Waals surface area contributed by atoms with Gasteiger partial charge in [-0.05, 0) is 25.0 Å². The summed E-state index contributed by atoms with van der Waals surface area (Å²) in [4.78, 5) is -0.522. The van der Waals surface area contributed by atoms with E-state index in [1.54, 1.807) is 0 Å². The zero-order valence-corrected chi connectivity index (χ0v) is 11.2. The van der Waals surface area contributed by atoms with Crippen LogP contribution in [-0.2, 0) is 10.0 Å². The molecule has 1 fully saturated rings. The van der Waals surface area contributed by atoms with Crippen molar-refractivity contribution in [1.29, 1.82) is 0 Å². The standard InChI is InChI=1S/C12H16F2N2O2S/c13-9-5-6-11(10(14)8-9)19(17,18)16-7-3-1-2-4-12(16)15/h5-6,8,12H,1-4,7,15H2. The maximum atomic E-state index is 13.6. The summed E-state index contributed by atoms with van der Waals surface area (Å²) >= 11 is 0. The summed E-state index contributed by atoms with van der Waals surface area (Å²) in [5.41, 5.74) is 5.83. The van der Waals surface area contributed by atoms with Crippen LogP contribution in [0.3, 0.4) is 0 Å². The molecule has 1 unspecified atom stereocenters. The quantitative estimate of drug-likeness (QED) is 0.903. The Morgan fingerprint density at radius 2 is 1.95 bits per heavy atom. The van der Waals surface area contributed by atoms with Crippen molar-refractivity contribution in [3.05, 3.63) is 29.8 Å². The first-order chi connectivity index (χ1) is 8.93. The van der Waals surface area contributed by atoms with Crippen molar-refractivity contribution in [3.8, 4) is 0 Å². The minimum absolute atomic E-state index is 0.264. The molecule has 2 N–H and O–H groups in total. The van der Waals surface area contributed by atoms with Crippen molar-refractivity contribution in [3.63, 3.8) is 0 Å². The number of benzene rings is 1. The van der Waals surface area contributed by atoms with Crippen LogP contribution < -0.4 is 5.73 Å². The first-order valence-electron chi connectivity index (χ1n) is 6.15. The molecule has 0 saturated carbocycles. The minimum Gasteiger partial charge on any atom is -0.315 e. The second-order valence-corrected chi connectivity index (χ2v) is 6.47. The zero-order valence-electron chi connectivity index (χ0n) is 10.4. The smallest absolute Gasteiger partial charge is 0.247 e. The lowest BCUT2D eigenvalue weighted by Crippen LogP contribution is -2.45. The fourth-order valence-corrected chi connectivity index (χ4v) is 3.85.